The lowest BCUT2D eigenvalue weighted by Crippen LogP contribution is -2.42. The van der Waals surface area contributed by atoms with E-state index in [-0.39, 0.29) is 18.1 Å². The van der Waals surface area contributed by atoms with Crippen LogP contribution in [-0.4, -0.2) is 38.4 Å². The number of nitrogens with one attached hydrogen (secondary N) is 1. The maximum absolute atomic E-state index is 12.5. The first-order valence-electron chi connectivity index (χ1n) is 9.91. The molecule has 2 rings (SSSR count). The molecule has 1 atom stereocenters. The van der Waals surface area contributed by atoms with Gasteiger partial charge in [-0.2, -0.15) is 0 Å². The fraction of sp³-hybridized carbons (Fsp3) is 0.667. The Labute approximate surface area is 162 Å². The van der Waals surface area contributed by atoms with Gasteiger partial charge in [0.15, 0.2) is 11.5 Å². The summed E-state index contributed by atoms with van der Waals surface area (Å²) in [6, 6.07) is 3.30. The molecule has 27 heavy (non-hydrogen) atoms. The molecule has 152 valence electrons. The van der Waals surface area contributed by atoms with Crippen LogP contribution in [0.2, 0.25) is 0 Å². The molecule has 1 aliphatic rings. The van der Waals surface area contributed by atoms with E-state index < -0.39 is 0 Å². The second-order valence-electron chi connectivity index (χ2n) is 7.70. The van der Waals surface area contributed by atoms with Crippen molar-refractivity contribution in [1.82, 2.24) is 5.32 Å². The van der Waals surface area contributed by atoms with E-state index in [0.717, 1.165) is 37.7 Å². The first-order valence-corrected chi connectivity index (χ1v) is 9.91. The molecule has 0 aliphatic heterocycles. The van der Waals surface area contributed by atoms with Crippen LogP contribution in [0.4, 0.5) is 5.69 Å². The fourth-order valence-corrected chi connectivity index (χ4v) is 3.48. The van der Waals surface area contributed by atoms with E-state index in [0.29, 0.717) is 36.3 Å². The summed E-state index contributed by atoms with van der Waals surface area (Å²) in [5.74, 6) is 1.56. The van der Waals surface area contributed by atoms with Gasteiger partial charge >= 0.3 is 5.97 Å². The van der Waals surface area contributed by atoms with Gasteiger partial charge in [-0.05, 0) is 56.6 Å². The van der Waals surface area contributed by atoms with Gasteiger partial charge in [0.2, 0.25) is 0 Å². The lowest BCUT2D eigenvalue weighted by atomic mass is 10.0. The molecule has 0 radical (unpaired) electrons. The molecule has 6 nitrogen and oxygen atoms in total. The molecule has 1 aliphatic carbocycles. The number of rotatable bonds is 10. The molecule has 0 spiro atoms. The summed E-state index contributed by atoms with van der Waals surface area (Å²) in [5.41, 5.74) is 7.41. The number of hydrogen-bond donors (Lipinski definition) is 2. The highest BCUT2D eigenvalue weighted by molar-refractivity contribution is 5.76. The standard InChI is InChI=1S/C21H34N2O4/c1-14(2)11-18(21(24)27-17-7-5-6-8-17)23-9-10-26-20-15(3)12-16(22)13-19(20)25-4/h12-14,17-18,23H,5-11,22H2,1-4H3/t18-/m0/s1. The first kappa shape index (κ1) is 21.4. The monoisotopic (exact) mass is 378 g/mol. The number of nitrogens with two attached hydrogens (primary N) is 1. The van der Waals surface area contributed by atoms with Gasteiger partial charge in [0.25, 0.3) is 0 Å². The zero-order valence-corrected chi connectivity index (χ0v) is 17.0. The Balaban J connectivity index is 1.87. The van der Waals surface area contributed by atoms with Crippen LogP contribution in [0.25, 0.3) is 0 Å². The Hall–Kier alpha value is -1.95. The highest BCUT2D eigenvalue weighted by Crippen LogP contribution is 2.33. The second-order valence-corrected chi connectivity index (χ2v) is 7.70. The van der Waals surface area contributed by atoms with Crippen molar-refractivity contribution in [2.45, 2.75) is 65.0 Å². The summed E-state index contributed by atoms with van der Waals surface area (Å²) in [5, 5.41) is 3.30. The van der Waals surface area contributed by atoms with Crippen LogP contribution in [0.15, 0.2) is 12.1 Å². The molecular weight excluding hydrogens is 344 g/mol. The van der Waals surface area contributed by atoms with E-state index >= 15 is 0 Å². The van der Waals surface area contributed by atoms with Gasteiger partial charge in [0.05, 0.1) is 7.11 Å². The number of carbonyl (C=O) groups is 1. The number of aryl methyl sites for hydroxylation is 1. The van der Waals surface area contributed by atoms with Crippen LogP contribution < -0.4 is 20.5 Å². The van der Waals surface area contributed by atoms with Crippen LogP contribution in [-0.2, 0) is 9.53 Å². The van der Waals surface area contributed by atoms with Gasteiger partial charge < -0.3 is 25.3 Å². The zero-order valence-electron chi connectivity index (χ0n) is 17.0. The van der Waals surface area contributed by atoms with Crippen molar-refractivity contribution in [3.8, 4) is 11.5 Å². The molecule has 1 aromatic carbocycles. The third-order valence-electron chi connectivity index (χ3n) is 4.80. The van der Waals surface area contributed by atoms with E-state index in [9.17, 15) is 4.79 Å². The van der Waals surface area contributed by atoms with Gasteiger partial charge in [0, 0.05) is 18.3 Å². The van der Waals surface area contributed by atoms with Gasteiger partial charge in [-0.25, -0.2) is 0 Å². The molecule has 0 heterocycles. The quantitative estimate of drug-likeness (QED) is 0.369. The van der Waals surface area contributed by atoms with Crippen molar-refractivity contribution < 1.29 is 19.0 Å². The lowest BCUT2D eigenvalue weighted by molar-refractivity contribution is -0.151. The third-order valence-corrected chi connectivity index (χ3v) is 4.80. The number of anilines is 1. The lowest BCUT2D eigenvalue weighted by Gasteiger charge is -2.22. The van der Waals surface area contributed by atoms with Crippen molar-refractivity contribution >= 4 is 11.7 Å². The summed E-state index contributed by atoms with van der Waals surface area (Å²) in [6.45, 7) is 7.12. The first-order chi connectivity index (χ1) is 12.9. The number of hydrogen-bond acceptors (Lipinski definition) is 6. The maximum atomic E-state index is 12.5. The highest BCUT2D eigenvalue weighted by Gasteiger charge is 2.26. The maximum Gasteiger partial charge on any atom is 0.323 e. The number of methoxy groups -OCH3 is 1. The van der Waals surface area contributed by atoms with Crippen molar-refractivity contribution in [2.24, 2.45) is 5.92 Å². The third kappa shape index (κ3) is 6.61. The van der Waals surface area contributed by atoms with Crippen molar-refractivity contribution in [2.75, 3.05) is 26.0 Å². The average molecular weight is 379 g/mol. The summed E-state index contributed by atoms with van der Waals surface area (Å²) >= 11 is 0. The number of nitrogen functional groups attached to an aromatic ring is 1. The minimum absolute atomic E-state index is 0.0897. The van der Waals surface area contributed by atoms with Crippen LogP contribution in [0, 0.1) is 12.8 Å². The summed E-state index contributed by atoms with van der Waals surface area (Å²) in [4.78, 5) is 12.5. The van der Waals surface area contributed by atoms with Gasteiger partial charge in [0.1, 0.15) is 18.8 Å². The fourth-order valence-electron chi connectivity index (χ4n) is 3.48. The second kappa shape index (κ2) is 10.4. The molecule has 0 bridgehead atoms. The van der Waals surface area contributed by atoms with Gasteiger partial charge in [-0.1, -0.05) is 13.8 Å². The van der Waals surface area contributed by atoms with Crippen molar-refractivity contribution in [1.29, 1.82) is 0 Å². The molecular formula is C21H34N2O4. The molecule has 1 fully saturated rings. The number of carbonyl (C=O) groups excluding carboxylic acids is 1. The highest BCUT2D eigenvalue weighted by atomic mass is 16.5. The molecule has 1 aromatic rings. The van der Waals surface area contributed by atoms with Crippen molar-refractivity contribution in [3.05, 3.63) is 17.7 Å². The number of esters is 1. The predicted molar refractivity (Wildman–Crippen MR) is 107 cm³/mol. The largest absolute Gasteiger partial charge is 0.493 e. The minimum atomic E-state index is -0.302. The Kier molecular flexibility index (Phi) is 8.23. The number of benzene rings is 1. The van der Waals surface area contributed by atoms with Gasteiger partial charge in [-0.3, -0.25) is 4.79 Å². The van der Waals surface area contributed by atoms with Crippen molar-refractivity contribution in [3.63, 3.8) is 0 Å². The molecule has 1 saturated carbocycles. The normalized spacial score (nSPS) is 15.7. The molecule has 0 aromatic heterocycles. The molecule has 3 N–H and O–H groups in total. The van der Waals surface area contributed by atoms with Crippen LogP contribution in [0.3, 0.4) is 0 Å². The minimum Gasteiger partial charge on any atom is -0.493 e. The zero-order chi connectivity index (χ0) is 19.8. The summed E-state index contributed by atoms with van der Waals surface area (Å²) < 4.78 is 16.9. The van der Waals surface area contributed by atoms with Crippen LogP contribution >= 0.6 is 0 Å². The number of ether oxygens (including phenoxy) is 3. The van der Waals surface area contributed by atoms with Crippen LogP contribution in [0.5, 0.6) is 11.5 Å². The molecule has 0 amide bonds. The van der Waals surface area contributed by atoms with E-state index in [1.807, 2.05) is 13.0 Å². The van der Waals surface area contributed by atoms with E-state index in [2.05, 4.69) is 19.2 Å². The SMILES string of the molecule is COc1cc(N)cc(C)c1OCCN[C@@H](CC(C)C)C(=O)OC1CCCC1. The van der Waals surface area contributed by atoms with Gasteiger partial charge in [-0.15, -0.1) is 0 Å². The smallest absolute Gasteiger partial charge is 0.323 e. The Bertz CT molecular complexity index is 612. The Morgan fingerprint density at radius 1 is 1.30 bits per heavy atom. The van der Waals surface area contributed by atoms with E-state index in [1.165, 1.54) is 0 Å². The predicted octanol–water partition coefficient (Wildman–Crippen LogP) is 3.45. The van der Waals surface area contributed by atoms with Crippen LogP contribution in [0.1, 0.15) is 51.5 Å². The van der Waals surface area contributed by atoms with E-state index in [1.54, 1.807) is 13.2 Å². The Morgan fingerprint density at radius 2 is 2.00 bits per heavy atom. The Morgan fingerprint density at radius 3 is 2.63 bits per heavy atom. The molecule has 6 heteroatoms. The summed E-state index contributed by atoms with van der Waals surface area (Å²) in [7, 11) is 1.59. The molecule has 0 unspecified atom stereocenters. The summed E-state index contributed by atoms with van der Waals surface area (Å²) in [6.07, 6.45) is 5.11. The molecule has 0 saturated heterocycles. The topological polar surface area (TPSA) is 82.8 Å². The van der Waals surface area contributed by atoms with E-state index in [4.69, 9.17) is 19.9 Å². The average Bonchev–Trinajstić information content (AvgIpc) is 3.11.